The predicted molar refractivity (Wildman–Crippen MR) is 138 cm³/mol. The van der Waals surface area contributed by atoms with Gasteiger partial charge in [0.2, 0.25) is 11.4 Å². The fourth-order valence-corrected chi connectivity index (χ4v) is 9.87. The summed E-state index contributed by atoms with van der Waals surface area (Å²) in [6.45, 7) is 10.6. The number of ether oxygens (including phenoxy) is 3. The Labute approximate surface area is 224 Å². The number of rotatable bonds is 9. The molecule has 0 unspecified atom stereocenters. The molecule has 5 rings (SSSR count). The lowest BCUT2D eigenvalue weighted by Crippen LogP contribution is -2.70. The second kappa shape index (κ2) is 9.55. The molecule has 1 aliphatic heterocycles. The van der Waals surface area contributed by atoms with Crippen LogP contribution in [0.2, 0.25) is 0 Å². The van der Waals surface area contributed by atoms with Gasteiger partial charge in [-0.25, -0.2) is 4.39 Å². The molecule has 10 heteroatoms. The summed E-state index contributed by atoms with van der Waals surface area (Å²) in [6.07, 6.45) is 6.44. The standard InChI is InChI=1S/C28H40FO8P/c1-6-34-38(32,35-7-2)17-33-24-15-26(5)21(14-23-28(26,22(31)16-30)37-18(3)36-23)20-12-11-19-10-8-9-13-25(19,4)27(20,24)29/h9-10,13,20-21,23-24,30H,3,6-8,11-12,14-17H2,1-2,4-5H3/t20-,21-,23+,24-,25-,26-,27-,28+/m0/s1. The molecule has 5 aliphatic rings. The SMILES string of the molecule is C=C1O[C@@H]2C[C@H]3[C@@H]4CCC5=CCC=C[C@]5(C)[C@@]4(F)[C@@H](OCP(=O)(OCC)OCC)C[C@]3(C)[C@]2(C(=O)CO)O1. The second-order valence-corrected chi connectivity index (χ2v) is 13.6. The molecule has 0 spiro atoms. The van der Waals surface area contributed by atoms with Crippen molar-refractivity contribution in [2.24, 2.45) is 22.7 Å². The number of carbonyl (C=O) groups excluding carboxylic acids is 1. The molecule has 0 bridgehead atoms. The van der Waals surface area contributed by atoms with Gasteiger partial charge < -0.3 is 28.4 Å². The van der Waals surface area contributed by atoms with Gasteiger partial charge in [-0.1, -0.05) is 30.7 Å². The molecule has 3 saturated carbocycles. The molecule has 1 saturated heterocycles. The number of carbonyl (C=O) groups is 1. The maximum atomic E-state index is 18.2. The average Bonchev–Trinajstić information content (AvgIpc) is 3.33. The molecule has 0 amide bonds. The Bertz CT molecular complexity index is 1100. The summed E-state index contributed by atoms with van der Waals surface area (Å²) in [5.74, 6) is -1.26. The van der Waals surface area contributed by atoms with Crippen LogP contribution in [0.15, 0.2) is 36.3 Å². The lowest BCUT2D eigenvalue weighted by molar-refractivity contribution is -0.227. The summed E-state index contributed by atoms with van der Waals surface area (Å²) in [6, 6.07) is 0. The van der Waals surface area contributed by atoms with Crippen molar-refractivity contribution in [2.45, 2.75) is 83.3 Å². The summed E-state index contributed by atoms with van der Waals surface area (Å²) >= 11 is 0. The van der Waals surface area contributed by atoms with Gasteiger partial charge in [-0.05, 0) is 65.4 Å². The van der Waals surface area contributed by atoms with E-state index in [9.17, 15) is 14.5 Å². The van der Waals surface area contributed by atoms with Crippen molar-refractivity contribution in [1.29, 1.82) is 0 Å². The highest BCUT2D eigenvalue weighted by Gasteiger charge is 2.80. The molecule has 4 fully saturated rings. The number of alkyl halides is 1. The van der Waals surface area contributed by atoms with Crippen LogP contribution in [0.3, 0.4) is 0 Å². The van der Waals surface area contributed by atoms with Crippen LogP contribution in [-0.2, 0) is 32.6 Å². The Kier molecular flexibility index (Phi) is 7.05. The monoisotopic (exact) mass is 554 g/mol. The van der Waals surface area contributed by atoms with Gasteiger partial charge in [0.1, 0.15) is 19.1 Å². The first-order valence-electron chi connectivity index (χ1n) is 13.7. The van der Waals surface area contributed by atoms with Crippen molar-refractivity contribution >= 4 is 13.4 Å². The summed E-state index contributed by atoms with van der Waals surface area (Å²) < 4.78 is 60.8. The number of hydrogen-bond donors (Lipinski definition) is 1. The van der Waals surface area contributed by atoms with E-state index in [-0.39, 0.29) is 31.5 Å². The van der Waals surface area contributed by atoms with E-state index in [1.54, 1.807) is 13.8 Å². The summed E-state index contributed by atoms with van der Waals surface area (Å²) in [7, 11) is -3.64. The molecule has 212 valence electrons. The molecule has 8 atom stereocenters. The highest BCUT2D eigenvalue weighted by atomic mass is 31.2. The molecule has 1 N–H and O–H groups in total. The van der Waals surface area contributed by atoms with Crippen LogP contribution in [0.25, 0.3) is 0 Å². The summed E-state index contributed by atoms with van der Waals surface area (Å²) in [5.41, 5.74) is -4.19. The molecule has 1 heterocycles. The Hall–Kier alpha value is -1.51. The molecule has 4 aliphatic carbocycles. The van der Waals surface area contributed by atoms with Gasteiger partial charge in [0.05, 0.1) is 19.3 Å². The third-order valence-corrected chi connectivity index (χ3v) is 11.8. The lowest BCUT2D eigenvalue weighted by atomic mass is 9.44. The normalized spacial score (nSPS) is 43.3. The van der Waals surface area contributed by atoms with Gasteiger partial charge in [-0.2, -0.15) is 0 Å². The first kappa shape index (κ1) is 28.0. The number of Topliss-reactive ketones (excluding diaryl/α,β-unsaturated/α-hetero) is 1. The molecule has 0 radical (unpaired) electrons. The van der Waals surface area contributed by atoms with Crippen LogP contribution in [0, 0.1) is 22.7 Å². The van der Waals surface area contributed by atoms with Gasteiger partial charge in [0.15, 0.2) is 5.67 Å². The third-order valence-electron chi connectivity index (χ3n) is 10.0. The quantitative estimate of drug-likeness (QED) is 0.306. The Morgan fingerprint density at radius 2 is 1.97 bits per heavy atom. The zero-order valence-corrected chi connectivity index (χ0v) is 23.6. The van der Waals surface area contributed by atoms with Crippen molar-refractivity contribution in [3.8, 4) is 0 Å². The number of fused-ring (bicyclic) bond motifs is 7. The second-order valence-electron chi connectivity index (χ2n) is 11.6. The van der Waals surface area contributed by atoms with Crippen molar-refractivity contribution in [3.05, 3.63) is 36.3 Å². The van der Waals surface area contributed by atoms with E-state index in [1.807, 2.05) is 26.0 Å². The highest BCUT2D eigenvalue weighted by Crippen LogP contribution is 2.72. The van der Waals surface area contributed by atoms with E-state index in [0.29, 0.717) is 12.8 Å². The van der Waals surface area contributed by atoms with E-state index in [0.717, 1.165) is 18.4 Å². The van der Waals surface area contributed by atoms with E-state index in [1.165, 1.54) is 0 Å². The summed E-state index contributed by atoms with van der Waals surface area (Å²) in [5, 5.41) is 9.99. The first-order chi connectivity index (χ1) is 18.0. The molecular formula is C28H40FO8P. The lowest BCUT2D eigenvalue weighted by Gasteiger charge is -2.63. The minimum atomic E-state index is -3.64. The predicted octanol–water partition coefficient (Wildman–Crippen LogP) is 5.22. The van der Waals surface area contributed by atoms with Crippen molar-refractivity contribution < 1.29 is 42.1 Å². The number of aliphatic hydroxyl groups excluding tert-OH is 1. The van der Waals surface area contributed by atoms with Crippen LogP contribution in [-0.4, -0.2) is 60.5 Å². The van der Waals surface area contributed by atoms with Crippen LogP contribution in [0.4, 0.5) is 4.39 Å². The number of hydrogen-bond acceptors (Lipinski definition) is 8. The first-order valence-corrected chi connectivity index (χ1v) is 15.4. The third kappa shape index (κ3) is 3.61. The van der Waals surface area contributed by atoms with Crippen LogP contribution < -0.4 is 0 Å². The number of ketones is 1. The van der Waals surface area contributed by atoms with Crippen LogP contribution in [0.1, 0.15) is 59.8 Å². The largest absolute Gasteiger partial charge is 0.458 e. The zero-order valence-electron chi connectivity index (χ0n) is 22.7. The smallest absolute Gasteiger partial charge is 0.356 e. The fourth-order valence-electron chi connectivity index (χ4n) is 8.50. The molecule has 38 heavy (non-hydrogen) atoms. The minimum absolute atomic E-state index is 0.0271. The molecule has 8 nitrogen and oxygen atoms in total. The Balaban J connectivity index is 1.62. The molecule has 0 aromatic rings. The number of allylic oxidation sites excluding steroid dienone is 4. The highest BCUT2D eigenvalue weighted by molar-refractivity contribution is 7.53. The van der Waals surface area contributed by atoms with E-state index in [4.69, 9.17) is 23.3 Å². The van der Waals surface area contributed by atoms with E-state index < -0.39 is 66.6 Å². The topological polar surface area (TPSA) is 101 Å². The van der Waals surface area contributed by atoms with Gasteiger partial charge >= 0.3 is 7.60 Å². The molecular weight excluding hydrogens is 514 g/mol. The number of aliphatic hydroxyl groups is 1. The Morgan fingerprint density at radius 3 is 2.63 bits per heavy atom. The maximum absolute atomic E-state index is 18.2. The van der Waals surface area contributed by atoms with Crippen LogP contribution >= 0.6 is 7.60 Å². The molecule has 0 aromatic carbocycles. The van der Waals surface area contributed by atoms with Crippen molar-refractivity contribution in [2.75, 3.05) is 26.2 Å². The van der Waals surface area contributed by atoms with Crippen LogP contribution in [0.5, 0.6) is 0 Å². The van der Waals surface area contributed by atoms with Gasteiger partial charge in [-0.3, -0.25) is 9.36 Å². The van der Waals surface area contributed by atoms with Gasteiger partial charge in [0.25, 0.3) is 5.95 Å². The summed E-state index contributed by atoms with van der Waals surface area (Å²) in [4.78, 5) is 13.4. The average molecular weight is 555 g/mol. The molecule has 0 aromatic heterocycles. The Morgan fingerprint density at radius 1 is 1.26 bits per heavy atom. The van der Waals surface area contributed by atoms with Crippen molar-refractivity contribution in [1.82, 2.24) is 0 Å². The van der Waals surface area contributed by atoms with E-state index >= 15 is 4.39 Å². The maximum Gasteiger partial charge on any atom is 0.356 e. The fraction of sp³-hybridized carbons (Fsp3) is 0.750. The van der Waals surface area contributed by atoms with Gasteiger partial charge in [0, 0.05) is 16.7 Å². The van der Waals surface area contributed by atoms with E-state index in [2.05, 4.69) is 12.7 Å². The minimum Gasteiger partial charge on any atom is -0.458 e. The van der Waals surface area contributed by atoms with Gasteiger partial charge in [-0.15, -0.1) is 0 Å². The number of halogens is 1. The van der Waals surface area contributed by atoms with Crippen molar-refractivity contribution in [3.63, 3.8) is 0 Å². The zero-order chi connectivity index (χ0) is 27.6.